The van der Waals surface area contributed by atoms with E-state index >= 15 is 0 Å². The number of carbonyl (C=O) groups is 2. The Balaban J connectivity index is 1.84. The number of nitrogens with zero attached hydrogens (tertiary/aromatic N) is 2. The number of halogens is 1. The third-order valence-electron chi connectivity index (χ3n) is 5.03. The highest BCUT2D eigenvalue weighted by atomic mass is 35.5. The summed E-state index contributed by atoms with van der Waals surface area (Å²) in [6.07, 6.45) is 4.00. The molecular weight excluding hydrogens is 352 g/mol. The monoisotopic (exact) mass is 370 g/mol. The molecule has 0 saturated carbocycles. The van der Waals surface area contributed by atoms with Crippen LogP contribution in [0.4, 0.5) is 11.4 Å². The third kappa shape index (κ3) is 3.01. The number of primary amides is 1. The van der Waals surface area contributed by atoms with Gasteiger partial charge in [0, 0.05) is 43.0 Å². The number of anilines is 2. The minimum absolute atomic E-state index is 0.0709. The summed E-state index contributed by atoms with van der Waals surface area (Å²) in [4.78, 5) is 30.9. The zero-order chi connectivity index (χ0) is 18.3. The molecule has 2 amide bonds. The number of nitrogens with one attached hydrogen (secondary N) is 1. The maximum Gasteiger partial charge on any atom is 0.250 e. The maximum absolute atomic E-state index is 12.3. The quantitative estimate of drug-likeness (QED) is 0.869. The van der Waals surface area contributed by atoms with Gasteiger partial charge in [0.1, 0.15) is 0 Å². The fourth-order valence-corrected chi connectivity index (χ4v) is 3.88. The van der Waals surface area contributed by atoms with E-state index in [0.717, 1.165) is 48.6 Å². The summed E-state index contributed by atoms with van der Waals surface area (Å²) < 4.78 is 0. The van der Waals surface area contributed by atoms with Crippen LogP contribution in [-0.2, 0) is 4.79 Å². The Morgan fingerprint density at radius 3 is 2.69 bits per heavy atom. The number of pyridine rings is 1. The molecule has 0 bridgehead atoms. The molecule has 4 rings (SSSR count). The summed E-state index contributed by atoms with van der Waals surface area (Å²) in [6, 6.07) is 7.25. The fourth-order valence-electron chi connectivity index (χ4n) is 3.77. The summed E-state index contributed by atoms with van der Waals surface area (Å²) in [5.41, 5.74) is 9.26. The maximum atomic E-state index is 12.3. The second-order valence-corrected chi connectivity index (χ2v) is 7.16. The summed E-state index contributed by atoms with van der Waals surface area (Å²) in [7, 11) is 0. The average Bonchev–Trinajstić information content (AvgIpc) is 3.15. The normalized spacial score (nSPS) is 19.2. The number of amides is 2. The van der Waals surface area contributed by atoms with E-state index < -0.39 is 5.91 Å². The van der Waals surface area contributed by atoms with E-state index in [-0.39, 0.29) is 18.2 Å². The molecule has 3 heterocycles. The SMILES string of the molecule is NC(=O)c1cc2c(cc1N1CCCC1)NC(=O)CC2c1ccc(Cl)cn1. The van der Waals surface area contributed by atoms with E-state index in [4.69, 9.17) is 17.3 Å². The molecule has 2 aliphatic rings. The fraction of sp³-hybridized carbons (Fsp3) is 0.316. The first-order valence-electron chi connectivity index (χ1n) is 8.67. The third-order valence-corrected chi connectivity index (χ3v) is 5.25. The molecule has 1 atom stereocenters. The molecule has 1 aromatic heterocycles. The number of carbonyl (C=O) groups excluding carboxylic acids is 2. The Labute approximate surface area is 156 Å². The smallest absolute Gasteiger partial charge is 0.250 e. The summed E-state index contributed by atoms with van der Waals surface area (Å²) in [5.74, 6) is -0.769. The zero-order valence-electron chi connectivity index (χ0n) is 14.2. The van der Waals surface area contributed by atoms with Gasteiger partial charge in [-0.2, -0.15) is 0 Å². The van der Waals surface area contributed by atoms with Crippen molar-refractivity contribution in [2.24, 2.45) is 5.73 Å². The highest BCUT2D eigenvalue weighted by Crippen LogP contribution is 2.40. The van der Waals surface area contributed by atoms with Gasteiger partial charge >= 0.3 is 0 Å². The summed E-state index contributed by atoms with van der Waals surface area (Å²) in [5, 5.41) is 3.47. The van der Waals surface area contributed by atoms with E-state index in [2.05, 4.69) is 15.2 Å². The van der Waals surface area contributed by atoms with Crippen molar-refractivity contribution in [2.75, 3.05) is 23.3 Å². The minimum atomic E-state index is -0.464. The molecule has 134 valence electrons. The molecule has 7 heteroatoms. The minimum Gasteiger partial charge on any atom is -0.371 e. The number of nitrogens with two attached hydrogens (primary N) is 1. The lowest BCUT2D eigenvalue weighted by Gasteiger charge is -2.29. The van der Waals surface area contributed by atoms with Crippen molar-refractivity contribution in [2.45, 2.75) is 25.2 Å². The van der Waals surface area contributed by atoms with Gasteiger partial charge in [-0.1, -0.05) is 11.6 Å². The number of rotatable bonds is 3. The molecule has 2 aliphatic heterocycles. The van der Waals surface area contributed by atoms with Crippen LogP contribution in [0, 0.1) is 0 Å². The van der Waals surface area contributed by atoms with Crippen LogP contribution in [0.15, 0.2) is 30.5 Å². The second kappa shape index (κ2) is 6.61. The van der Waals surface area contributed by atoms with E-state index in [1.165, 1.54) is 0 Å². The van der Waals surface area contributed by atoms with Gasteiger partial charge in [0.05, 0.1) is 16.3 Å². The van der Waals surface area contributed by atoms with Crippen molar-refractivity contribution < 1.29 is 9.59 Å². The summed E-state index contributed by atoms with van der Waals surface area (Å²) in [6.45, 7) is 1.77. The topological polar surface area (TPSA) is 88.3 Å². The van der Waals surface area contributed by atoms with Gasteiger partial charge in [-0.3, -0.25) is 14.6 Å². The molecule has 6 nitrogen and oxygen atoms in total. The van der Waals surface area contributed by atoms with E-state index in [0.29, 0.717) is 10.6 Å². The molecule has 1 fully saturated rings. The Morgan fingerprint density at radius 1 is 1.27 bits per heavy atom. The largest absolute Gasteiger partial charge is 0.371 e. The van der Waals surface area contributed by atoms with Gasteiger partial charge in [0.25, 0.3) is 5.91 Å². The van der Waals surface area contributed by atoms with E-state index in [9.17, 15) is 9.59 Å². The van der Waals surface area contributed by atoms with E-state index in [1.807, 2.05) is 18.2 Å². The van der Waals surface area contributed by atoms with Crippen LogP contribution in [0.25, 0.3) is 0 Å². The average molecular weight is 371 g/mol. The molecule has 1 unspecified atom stereocenters. The highest BCUT2D eigenvalue weighted by Gasteiger charge is 2.30. The van der Waals surface area contributed by atoms with Crippen LogP contribution in [0.5, 0.6) is 0 Å². The highest BCUT2D eigenvalue weighted by molar-refractivity contribution is 6.30. The van der Waals surface area contributed by atoms with Crippen molar-refractivity contribution >= 4 is 34.8 Å². The standard InChI is InChI=1S/C19H19ClN4O2/c20-11-3-4-15(22-10-11)13-8-18(25)23-16-9-17(24-5-1-2-6-24)14(19(21)26)7-12(13)16/h3-4,7,9-10,13H,1-2,5-6,8H2,(H2,21,26)(H,23,25). The van der Waals surface area contributed by atoms with Gasteiger partial charge in [-0.05, 0) is 42.7 Å². The Kier molecular flexibility index (Phi) is 4.28. The lowest BCUT2D eigenvalue weighted by atomic mass is 9.86. The molecular formula is C19H19ClN4O2. The van der Waals surface area contributed by atoms with Crippen molar-refractivity contribution in [3.8, 4) is 0 Å². The van der Waals surface area contributed by atoms with Crippen LogP contribution < -0.4 is 16.0 Å². The number of benzene rings is 1. The molecule has 26 heavy (non-hydrogen) atoms. The molecule has 2 aromatic rings. The molecule has 0 radical (unpaired) electrons. The predicted molar refractivity (Wildman–Crippen MR) is 101 cm³/mol. The van der Waals surface area contributed by atoms with Crippen LogP contribution in [0.3, 0.4) is 0 Å². The molecule has 1 aromatic carbocycles. The number of hydrogen-bond acceptors (Lipinski definition) is 4. The van der Waals surface area contributed by atoms with Crippen LogP contribution in [0.1, 0.15) is 46.8 Å². The molecule has 0 spiro atoms. The first-order valence-corrected chi connectivity index (χ1v) is 9.04. The van der Waals surface area contributed by atoms with Crippen molar-refractivity contribution in [3.05, 3.63) is 52.3 Å². The number of fused-ring (bicyclic) bond motifs is 1. The Morgan fingerprint density at radius 2 is 2.04 bits per heavy atom. The van der Waals surface area contributed by atoms with Crippen LogP contribution in [0.2, 0.25) is 5.02 Å². The van der Waals surface area contributed by atoms with Crippen molar-refractivity contribution in [1.29, 1.82) is 0 Å². The molecule has 1 saturated heterocycles. The van der Waals surface area contributed by atoms with Gasteiger partial charge in [-0.15, -0.1) is 0 Å². The van der Waals surface area contributed by atoms with Gasteiger partial charge in [-0.25, -0.2) is 0 Å². The lowest BCUT2D eigenvalue weighted by molar-refractivity contribution is -0.116. The van der Waals surface area contributed by atoms with E-state index in [1.54, 1.807) is 12.3 Å². The first kappa shape index (κ1) is 16.8. The predicted octanol–water partition coefficient (Wildman–Crippen LogP) is 2.91. The molecule has 3 N–H and O–H groups in total. The van der Waals surface area contributed by atoms with Crippen molar-refractivity contribution in [3.63, 3.8) is 0 Å². The number of aromatic nitrogens is 1. The van der Waals surface area contributed by atoms with Gasteiger partial charge in [0.15, 0.2) is 0 Å². The Hall–Kier alpha value is -2.60. The summed E-state index contributed by atoms with van der Waals surface area (Å²) >= 11 is 5.93. The second-order valence-electron chi connectivity index (χ2n) is 6.72. The number of hydrogen-bond donors (Lipinski definition) is 2. The lowest BCUT2D eigenvalue weighted by Crippen LogP contribution is -2.28. The van der Waals surface area contributed by atoms with Crippen LogP contribution >= 0.6 is 11.6 Å². The van der Waals surface area contributed by atoms with Crippen molar-refractivity contribution in [1.82, 2.24) is 4.98 Å². The zero-order valence-corrected chi connectivity index (χ0v) is 14.9. The van der Waals surface area contributed by atoms with Gasteiger partial charge in [0.2, 0.25) is 5.91 Å². The Bertz CT molecular complexity index is 876. The van der Waals surface area contributed by atoms with Gasteiger partial charge < -0.3 is 16.0 Å². The molecule has 0 aliphatic carbocycles. The first-order chi connectivity index (χ1) is 12.5. The van der Waals surface area contributed by atoms with Crippen LogP contribution in [-0.4, -0.2) is 29.9 Å².